The summed E-state index contributed by atoms with van der Waals surface area (Å²) in [7, 11) is 1.64. The van der Waals surface area contributed by atoms with Crippen LogP contribution in [0.25, 0.3) is 11.0 Å². The highest BCUT2D eigenvalue weighted by Crippen LogP contribution is 2.39. The summed E-state index contributed by atoms with van der Waals surface area (Å²) >= 11 is 0. The van der Waals surface area contributed by atoms with E-state index in [0.29, 0.717) is 12.2 Å². The van der Waals surface area contributed by atoms with Gasteiger partial charge in [-0.25, -0.2) is 0 Å². The smallest absolute Gasteiger partial charge is 0.198 e. The Morgan fingerprint density at radius 2 is 1.91 bits per heavy atom. The molecule has 1 aliphatic carbocycles. The number of carbonyl (C=O) groups is 1. The molecule has 3 heteroatoms. The average molecular weight is 292 g/mol. The number of carbonyl (C=O) groups excluding carboxylic acids is 1. The fourth-order valence-electron chi connectivity index (χ4n) is 3.28. The number of methoxy groups -OCH3 is 1. The standard InChI is InChI=1S/C19H16O3/c1-21-14-7-8-18-15(11-14)16-9-13(10-17(20)19(16)22-18)12-5-3-2-4-6-12/h2-8,11,13H,9-10H2,1H3. The zero-order valence-electron chi connectivity index (χ0n) is 12.3. The van der Waals surface area contributed by atoms with Crippen LogP contribution in [0.15, 0.2) is 52.9 Å². The number of rotatable bonds is 2. The van der Waals surface area contributed by atoms with Gasteiger partial charge in [0.25, 0.3) is 0 Å². The van der Waals surface area contributed by atoms with Gasteiger partial charge in [0.2, 0.25) is 0 Å². The zero-order chi connectivity index (χ0) is 15.1. The Morgan fingerprint density at radius 1 is 1.09 bits per heavy atom. The quantitative estimate of drug-likeness (QED) is 0.704. The highest BCUT2D eigenvalue weighted by molar-refractivity contribution is 6.02. The highest BCUT2D eigenvalue weighted by Gasteiger charge is 2.31. The predicted octanol–water partition coefficient (Wildman–Crippen LogP) is 4.35. The lowest BCUT2D eigenvalue weighted by molar-refractivity contribution is 0.0937. The van der Waals surface area contributed by atoms with E-state index in [2.05, 4.69) is 12.1 Å². The number of fused-ring (bicyclic) bond motifs is 3. The van der Waals surface area contributed by atoms with Gasteiger partial charge in [-0.2, -0.15) is 0 Å². The van der Waals surface area contributed by atoms with Crippen molar-refractivity contribution in [3.8, 4) is 5.75 Å². The minimum absolute atomic E-state index is 0.0882. The summed E-state index contributed by atoms with van der Waals surface area (Å²) in [6.45, 7) is 0. The first-order chi connectivity index (χ1) is 10.8. The molecule has 0 spiro atoms. The molecule has 1 aromatic heterocycles. The summed E-state index contributed by atoms with van der Waals surface area (Å²) < 4.78 is 11.1. The minimum atomic E-state index is 0.0882. The monoisotopic (exact) mass is 292 g/mol. The Kier molecular flexibility index (Phi) is 3.00. The van der Waals surface area contributed by atoms with Crippen molar-refractivity contribution in [1.82, 2.24) is 0 Å². The van der Waals surface area contributed by atoms with Gasteiger partial charge in [0.1, 0.15) is 11.3 Å². The van der Waals surface area contributed by atoms with Gasteiger partial charge in [0.05, 0.1) is 7.11 Å². The van der Waals surface area contributed by atoms with Gasteiger partial charge in [-0.15, -0.1) is 0 Å². The van der Waals surface area contributed by atoms with Crippen molar-refractivity contribution in [2.75, 3.05) is 7.11 Å². The maximum atomic E-state index is 12.5. The molecule has 0 fully saturated rings. The first-order valence-electron chi connectivity index (χ1n) is 7.44. The van der Waals surface area contributed by atoms with Gasteiger partial charge in [0, 0.05) is 17.4 Å². The lowest BCUT2D eigenvalue weighted by Gasteiger charge is -2.21. The molecule has 3 aromatic rings. The van der Waals surface area contributed by atoms with E-state index in [9.17, 15) is 4.79 Å². The molecule has 0 aliphatic heterocycles. The van der Waals surface area contributed by atoms with E-state index in [0.717, 1.165) is 28.7 Å². The summed E-state index contributed by atoms with van der Waals surface area (Å²) in [5, 5.41) is 0.989. The second-order valence-electron chi connectivity index (χ2n) is 5.71. The van der Waals surface area contributed by atoms with Gasteiger partial charge in [-0.1, -0.05) is 30.3 Å². The van der Waals surface area contributed by atoms with Crippen LogP contribution in [0.5, 0.6) is 5.75 Å². The normalized spacial score (nSPS) is 17.5. The Morgan fingerprint density at radius 3 is 2.68 bits per heavy atom. The molecule has 1 aliphatic rings. The van der Waals surface area contributed by atoms with Crippen molar-refractivity contribution >= 4 is 16.8 Å². The third-order valence-corrected chi connectivity index (χ3v) is 4.40. The molecule has 2 aromatic carbocycles. The number of Topliss-reactive ketones (excluding diaryl/α,β-unsaturated/α-hetero) is 1. The average Bonchev–Trinajstić information content (AvgIpc) is 2.94. The van der Waals surface area contributed by atoms with E-state index in [1.807, 2.05) is 36.4 Å². The van der Waals surface area contributed by atoms with E-state index in [4.69, 9.17) is 9.15 Å². The molecule has 3 nitrogen and oxygen atoms in total. The number of furan rings is 1. The lowest BCUT2D eigenvalue weighted by atomic mass is 9.81. The Bertz CT molecular complexity index is 846. The Hall–Kier alpha value is -2.55. The molecule has 0 saturated carbocycles. The van der Waals surface area contributed by atoms with Crippen molar-refractivity contribution in [3.05, 3.63) is 65.4 Å². The van der Waals surface area contributed by atoms with Crippen LogP contribution in [-0.4, -0.2) is 12.9 Å². The molecule has 110 valence electrons. The van der Waals surface area contributed by atoms with Crippen molar-refractivity contribution in [2.45, 2.75) is 18.8 Å². The predicted molar refractivity (Wildman–Crippen MR) is 84.6 cm³/mol. The summed E-state index contributed by atoms with van der Waals surface area (Å²) in [6, 6.07) is 15.9. The maximum absolute atomic E-state index is 12.5. The molecule has 0 saturated heterocycles. The van der Waals surface area contributed by atoms with E-state index in [-0.39, 0.29) is 11.7 Å². The Labute approximate surface area is 128 Å². The van der Waals surface area contributed by atoms with Crippen molar-refractivity contribution in [1.29, 1.82) is 0 Å². The van der Waals surface area contributed by atoms with E-state index in [1.165, 1.54) is 5.56 Å². The van der Waals surface area contributed by atoms with E-state index >= 15 is 0 Å². The lowest BCUT2D eigenvalue weighted by Crippen LogP contribution is -2.17. The molecule has 22 heavy (non-hydrogen) atoms. The maximum Gasteiger partial charge on any atom is 0.198 e. The molecular weight excluding hydrogens is 276 g/mol. The molecule has 1 unspecified atom stereocenters. The second kappa shape index (κ2) is 5.02. The molecule has 1 heterocycles. The third-order valence-electron chi connectivity index (χ3n) is 4.40. The fraction of sp³-hybridized carbons (Fsp3) is 0.211. The number of ether oxygens (including phenoxy) is 1. The van der Waals surface area contributed by atoms with Crippen LogP contribution >= 0.6 is 0 Å². The SMILES string of the molecule is COc1ccc2oc3c(c2c1)CC(c1ccccc1)CC3=O. The van der Waals surface area contributed by atoms with Crippen molar-refractivity contribution in [3.63, 3.8) is 0 Å². The second-order valence-corrected chi connectivity index (χ2v) is 5.71. The molecule has 0 bridgehead atoms. The molecule has 4 rings (SSSR count). The molecule has 0 radical (unpaired) electrons. The van der Waals surface area contributed by atoms with Crippen LogP contribution in [0, 0.1) is 0 Å². The van der Waals surface area contributed by atoms with Crippen LogP contribution < -0.4 is 4.74 Å². The van der Waals surface area contributed by atoms with Gasteiger partial charge < -0.3 is 9.15 Å². The van der Waals surface area contributed by atoms with Crippen LogP contribution in [0.4, 0.5) is 0 Å². The van der Waals surface area contributed by atoms with Gasteiger partial charge in [-0.3, -0.25) is 4.79 Å². The number of hydrogen-bond donors (Lipinski definition) is 0. The summed E-state index contributed by atoms with van der Waals surface area (Å²) in [5.74, 6) is 1.61. The van der Waals surface area contributed by atoms with Crippen LogP contribution in [0.2, 0.25) is 0 Å². The highest BCUT2D eigenvalue weighted by atomic mass is 16.5. The van der Waals surface area contributed by atoms with Crippen LogP contribution in [0.1, 0.15) is 34.0 Å². The summed E-state index contributed by atoms with van der Waals surface area (Å²) in [6.07, 6.45) is 1.33. The zero-order valence-corrected chi connectivity index (χ0v) is 12.3. The number of ketones is 1. The topological polar surface area (TPSA) is 39.4 Å². The van der Waals surface area contributed by atoms with Crippen LogP contribution in [-0.2, 0) is 6.42 Å². The summed E-state index contributed by atoms with van der Waals surface area (Å²) in [5.41, 5.74) is 2.98. The van der Waals surface area contributed by atoms with Gasteiger partial charge in [0.15, 0.2) is 11.5 Å². The third kappa shape index (κ3) is 2.01. The number of hydrogen-bond acceptors (Lipinski definition) is 3. The van der Waals surface area contributed by atoms with Crippen molar-refractivity contribution in [2.24, 2.45) is 0 Å². The van der Waals surface area contributed by atoms with E-state index < -0.39 is 0 Å². The van der Waals surface area contributed by atoms with Gasteiger partial charge in [-0.05, 0) is 36.1 Å². The molecule has 0 N–H and O–H groups in total. The first-order valence-corrected chi connectivity index (χ1v) is 7.44. The molecular formula is C19H16O3. The van der Waals surface area contributed by atoms with Gasteiger partial charge >= 0.3 is 0 Å². The fourth-order valence-corrected chi connectivity index (χ4v) is 3.28. The Balaban J connectivity index is 1.83. The molecule has 1 atom stereocenters. The number of benzene rings is 2. The van der Waals surface area contributed by atoms with E-state index in [1.54, 1.807) is 7.11 Å². The largest absolute Gasteiger partial charge is 0.497 e. The van der Waals surface area contributed by atoms with Crippen molar-refractivity contribution < 1.29 is 13.9 Å². The first kappa shape index (κ1) is 13.1. The molecule has 0 amide bonds. The minimum Gasteiger partial charge on any atom is -0.497 e. The summed E-state index contributed by atoms with van der Waals surface area (Å²) in [4.78, 5) is 12.5. The van der Waals surface area contributed by atoms with Crippen LogP contribution in [0.3, 0.4) is 0 Å².